The molecule has 0 atom stereocenters. The van der Waals surface area contributed by atoms with Crippen molar-refractivity contribution in [3.63, 3.8) is 0 Å². The molecule has 4 heteroatoms. The summed E-state index contributed by atoms with van der Waals surface area (Å²) in [6, 6.07) is 18.8. The molecule has 3 rings (SSSR count). The van der Waals surface area contributed by atoms with Gasteiger partial charge in [-0.05, 0) is 36.8 Å². The maximum Gasteiger partial charge on any atom is 0.256 e. The van der Waals surface area contributed by atoms with E-state index in [-0.39, 0.29) is 5.91 Å². The first-order chi connectivity index (χ1) is 11.2. The Kier molecular flexibility index (Phi) is 4.03. The third-order valence-corrected chi connectivity index (χ3v) is 3.58. The highest BCUT2D eigenvalue weighted by molar-refractivity contribution is 6.12. The van der Waals surface area contributed by atoms with Crippen LogP contribution in [-0.4, -0.2) is 10.9 Å². The van der Waals surface area contributed by atoms with Gasteiger partial charge in [0, 0.05) is 16.8 Å². The summed E-state index contributed by atoms with van der Waals surface area (Å²) in [5, 5.41) is 12.4. The van der Waals surface area contributed by atoms with Gasteiger partial charge in [0.05, 0.1) is 23.6 Å². The standard InChI is InChI=1S/C19H15N3O/c1-13-12-17(16-4-2-3-5-18(16)21-13)19(23)22-15-8-6-14(7-9-15)10-11-20/h2-9,12H,10H2,1H3,(H,22,23). The molecule has 23 heavy (non-hydrogen) atoms. The van der Waals surface area contributed by atoms with Gasteiger partial charge in [0.1, 0.15) is 0 Å². The fourth-order valence-corrected chi connectivity index (χ4v) is 2.49. The summed E-state index contributed by atoms with van der Waals surface area (Å²) < 4.78 is 0. The summed E-state index contributed by atoms with van der Waals surface area (Å²) in [5.74, 6) is -0.167. The number of nitrogens with zero attached hydrogens (tertiary/aromatic N) is 2. The van der Waals surface area contributed by atoms with Crippen molar-refractivity contribution >= 4 is 22.5 Å². The molecule has 0 spiro atoms. The lowest BCUT2D eigenvalue weighted by molar-refractivity contribution is 0.102. The van der Waals surface area contributed by atoms with Gasteiger partial charge < -0.3 is 5.32 Å². The molecule has 0 saturated carbocycles. The van der Waals surface area contributed by atoms with Crippen molar-refractivity contribution in [2.45, 2.75) is 13.3 Å². The van der Waals surface area contributed by atoms with E-state index in [1.165, 1.54) is 0 Å². The average Bonchev–Trinajstić information content (AvgIpc) is 2.56. The summed E-state index contributed by atoms with van der Waals surface area (Å²) >= 11 is 0. The van der Waals surface area contributed by atoms with E-state index in [0.717, 1.165) is 22.2 Å². The highest BCUT2D eigenvalue weighted by Gasteiger charge is 2.12. The van der Waals surface area contributed by atoms with Crippen molar-refractivity contribution in [3.8, 4) is 6.07 Å². The van der Waals surface area contributed by atoms with Crippen LogP contribution in [-0.2, 0) is 6.42 Å². The summed E-state index contributed by atoms with van der Waals surface area (Å²) in [6.07, 6.45) is 0.364. The fraction of sp³-hybridized carbons (Fsp3) is 0.105. The Hall–Kier alpha value is -3.19. The second-order valence-corrected chi connectivity index (χ2v) is 5.31. The lowest BCUT2D eigenvalue weighted by Gasteiger charge is -2.09. The Labute approximate surface area is 134 Å². The highest BCUT2D eigenvalue weighted by Crippen LogP contribution is 2.20. The number of aromatic nitrogens is 1. The van der Waals surface area contributed by atoms with Gasteiger partial charge >= 0.3 is 0 Å². The number of aryl methyl sites for hydroxylation is 1. The number of hydrogen-bond donors (Lipinski definition) is 1. The molecule has 0 saturated heterocycles. The van der Waals surface area contributed by atoms with Crippen LogP contribution in [0.4, 0.5) is 5.69 Å². The Morgan fingerprint density at radius 1 is 1.17 bits per heavy atom. The number of benzene rings is 2. The minimum Gasteiger partial charge on any atom is -0.322 e. The van der Waals surface area contributed by atoms with Crippen LogP contribution in [0.2, 0.25) is 0 Å². The lowest BCUT2D eigenvalue weighted by Crippen LogP contribution is -2.13. The van der Waals surface area contributed by atoms with E-state index < -0.39 is 0 Å². The van der Waals surface area contributed by atoms with Crippen molar-refractivity contribution in [1.29, 1.82) is 5.26 Å². The molecular weight excluding hydrogens is 286 g/mol. The monoisotopic (exact) mass is 301 g/mol. The number of nitriles is 1. The first kappa shape index (κ1) is 14.7. The number of carbonyl (C=O) groups excluding carboxylic acids is 1. The summed E-state index contributed by atoms with van der Waals surface area (Å²) in [7, 11) is 0. The van der Waals surface area contributed by atoms with Crippen molar-refractivity contribution in [2.24, 2.45) is 0 Å². The summed E-state index contributed by atoms with van der Waals surface area (Å²) in [6.45, 7) is 1.87. The third-order valence-electron chi connectivity index (χ3n) is 3.58. The SMILES string of the molecule is Cc1cc(C(=O)Nc2ccc(CC#N)cc2)c2ccccc2n1. The molecule has 0 aliphatic carbocycles. The number of para-hydroxylation sites is 1. The zero-order valence-corrected chi connectivity index (χ0v) is 12.7. The predicted molar refractivity (Wildman–Crippen MR) is 90.2 cm³/mol. The highest BCUT2D eigenvalue weighted by atomic mass is 16.1. The van der Waals surface area contributed by atoms with Gasteiger partial charge in [-0.25, -0.2) is 0 Å². The van der Waals surface area contributed by atoms with Crippen LogP contribution in [0.15, 0.2) is 54.6 Å². The van der Waals surface area contributed by atoms with Crippen LogP contribution >= 0.6 is 0 Å². The van der Waals surface area contributed by atoms with Gasteiger partial charge in [-0.3, -0.25) is 9.78 Å². The number of hydrogen-bond acceptors (Lipinski definition) is 3. The molecule has 0 radical (unpaired) electrons. The number of rotatable bonds is 3. The Morgan fingerprint density at radius 2 is 1.91 bits per heavy atom. The molecule has 0 bridgehead atoms. The van der Waals surface area contributed by atoms with Gasteiger partial charge in [0.25, 0.3) is 5.91 Å². The minimum atomic E-state index is -0.167. The van der Waals surface area contributed by atoms with Crippen LogP contribution in [0.3, 0.4) is 0 Å². The van der Waals surface area contributed by atoms with Gasteiger partial charge in [-0.1, -0.05) is 30.3 Å². The quantitative estimate of drug-likeness (QED) is 0.798. The van der Waals surface area contributed by atoms with Gasteiger partial charge in [-0.15, -0.1) is 0 Å². The van der Waals surface area contributed by atoms with Gasteiger partial charge in [-0.2, -0.15) is 5.26 Å². The average molecular weight is 301 g/mol. The smallest absolute Gasteiger partial charge is 0.256 e. The number of anilines is 1. The van der Waals surface area contributed by atoms with Crippen molar-refractivity contribution < 1.29 is 4.79 Å². The predicted octanol–water partition coefficient (Wildman–Crippen LogP) is 3.86. The third kappa shape index (κ3) is 3.19. The molecule has 0 unspecified atom stereocenters. The first-order valence-electron chi connectivity index (χ1n) is 7.31. The second-order valence-electron chi connectivity index (χ2n) is 5.31. The Balaban J connectivity index is 1.90. The molecule has 3 aromatic rings. The number of amides is 1. The van der Waals surface area contributed by atoms with Crippen LogP contribution in [0, 0.1) is 18.3 Å². The molecule has 112 valence electrons. The van der Waals surface area contributed by atoms with Crippen LogP contribution in [0.5, 0.6) is 0 Å². The van der Waals surface area contributed by atoms with Gasteiger partial charge in [0.15, 0.2) is 0 Å². The first-order valence-corrected chi connectivity index (χ1v) is 7.31. The van der Waals surface area contributed by atoms with E-state index in [9.17, 15) is 4.79 Å². The normalized spacial score (nSPS) is 10.3. The van der Waals surface area contributed by atoms with E-state index in [1.807, 2.05) is 43.3 Å². The molecule has 2 aromatic carbocycles. The van der Waals surface area contributed by atoms with E-state index in [1.54, 1.807) is 18.2 Å². The number of pyridine rings is 1. The number of fused-ring (bicyclic) bond motifs is 1. The molecule has 1 amide bonds. The molecule has 1 aromatic heterocycles. The van der Waals surface area contributed by atoms with E-state index in [0.29, 0.717) is 17.7 Å². The molecule has 1 N–H and O–H groups in total. The van der Waals surface area contributed by atoms with E-state index >= 15 is 0 Å². The number of carbonyl (C=O) groups is 1. The Morgan fingerprint density at radius 3 is 2.65 bits per heavy atom. The molecule has 4 nitrogen and oxygen atoms in total. The van der Waals surface area contributed by atoms with Crippen LogP contribution in [0.25, 0.3) is 10.9 Å². The molecule has 0 aliphatic heterocycles. The molecular formula is C19H15N3O. The topological polar surface area (TPSA) is 65.8 Å². The Bertz CT molecular complexity index is 908. The maximum absolute atomic E-state index is 12.6. The summed E-state index contributed by atoms with van der Waals surface area (Å²) in [4.78, 5) is 17.0. The zero-order chi connectivity index (χ0) is 16.2. The largest absolute Gasteiger partial charge is 0.322 e. The molecule has 0 fully saturated rings. The van der Waals surface area contributed by atoms with Crippen molar-refractivity contribution in [1.82, 2.24) is 4.98 Å². The van der Waals surface area contributed by atoms with Crippen molar-refractivity contribution in [3.05, 3.63) is 71.4 Å². The summed E-state index contributed by atoms with van der Waals surface area (Å²) in [5.41, 5.74) is 3.85. The van der Waals surface area contributed by atoms with Crippen LogP contribution in [0.1, 0.15) is 21.6 Å². The maximum atomic E-state index is 12.6. The van der Waals surface area contributed by atoms with E-state index in [4.69, 9.17) is 5.26 Å². The molecule has 1 heterocycles. The minimum absolute atomic E-state index is 0.167. The number of nitrogens with one attached hydrogen (secondary N) is 1. The zero-order valence-electron chi connectivity index (χ0n) is 12.7. The fourth-order valence-electron chi connectivity index (χ4n) is 2.49. The molecule has 0 aliphatic rings. The van der Waals surface area contributed by atoms with Crippen LogP contribution < -0.4 is 5.32 Å². The second kappa shape index (κ2) is 6.29. The van der Waals surface area contributed by atoms with Gasteiger partial charge in [0.2, 0.25) is 0 Å². The van der Waals surface area contributed by atoms with E-state index in [2.05, 4.69) is 16.4 Å². The van der Waals surface area contributed by atoms with Crippen molar-refractivity contribution in [2.75, 3.05) is 5.32 Å². The lowest BCUT2D eigenvalue weighted by atomic mass is 10.1.